The average Bonchev–Trinajstić information content (AvgIpc) is 3.32. The Labute approximate surface area is 216 Å². The molecule has 2 heterocycles. The van der Waals surface area contributed by atoms with E-state index in [0.717, 1.165) is 16.7 Å². The maximum Gasteiger partial charge on any atom is 0.515 e. The van der Waals surface area contributed by atoms with Crippen molar-refractivity contribution in [2.75, 3.05) is 0 Å². The summed E-state index contributed by atoms with van der Waals surface area (Å²) in [5.74, 6) is 0.754. The molecule has 0 atom stereocenters. The first-order valence-electron chi connectivity index (χ1n) is 12.0. The molecule has 2 aromatic heterocycles. The molecule has 0 bridgehead atoms. The molecule has 0 saturated carbocycles. The Balaban J connectivity index is 1.44. The predicted octanol–water partition coefficient (Wildman–Crippen LogP) is 7.58. The summed E-state index contributed by atoms with van der Waals surface area (Å²) in [4.78, 5) is 16.7. The highest BCUT2D eigenvalue weighted by atomic mass is 16.7. The van der Waals surface area contributed by atoms with Gasteiger partial charge in [0, 0.05) is 17.8 Å². The van der Waals surface area contributed by atoms with Gasteiger partial charge in [0.15, 0.2) is 5.82 Å². The highest BCUT2D eigenvalue weighted by Crippen LogP contribution is 2.30. The van der Waals surface area contributed by atoms with Crippen LogP contribution in [-0.2, 0) is 4.74 Å². The van der Waals surface area contributed by atoms with Crippen molar-refractivity contribution >= 4 is 6.16 Å². The van der Waals surface area contributed by atoms with E-state index in [0.29, 0.717) is 11.5 Å². The van der Waals surface area contributed by atoms with Crippen molar-refractivity contribution in [3.63, 3.8) is 0 Å². The van der Waals surface area contributed by atoms with Crippen LogP contribution in [0.1, 0.15) is 20.8 Å². The van der Waals surface area contributed by atoms with Gasteiger partial charge in [-0.2, -0.15) is 9.78 Å². The van der Waals surface area contributed by atoms with Crippen molar-refractivity contribution in [3.8, 4) is 45.2 Å². The summed E-state index contributed by atoms with van der Waals surface area (Å²) in [6.07, 6.45) is 0.858. The number of nitrogens with zero attached hydrogens (tertiary/aromatic N) is 3. The third-order valence-electron chi connectivity index (χ3n) is 5.60. The number of pyridine rings is 1. The number of carbonyl (C=O) groups excluding carboxylic acids is 1. The maximum absolute atomic E-state index is 12.4. The van der Waals surface area contributed by atoms with Gasteiger partial charge in [0.1, 0.15) is 5.60 Å². The Bertz CT molecular complexity index is 1500. The molecule has 0 amide bonds. The highest BCUT2D eigenvalue weighted by Gasteiger charge is 2.22. The van der Waals surface area contributed by atoms with Crippen LogP contribution in [0.4, 0.5) is 4.79 Å². The number of carbonyl (C=O) groups is 1. The van der Waals surface area contributed by atoms with E-state index in [1.165, 1.54) is 15.8 Å². The van der Waals surface area contributed by atoms with Crippen LogP contribution in [0, 0.1) is 0 Å². The van der Waals surface area contributed by atoms with E-state index in [2.05, 4.69) is 58.6 Å². The monoisotopic (exact) mass is 489 g/mol. The summed E-state index contributed by atoms with van der Waals surface area (Å²) < 4.78 is 12.4. The Kier molecular flexibility index (Phi) is 6.56. The predicted molar refractivity (Wildman–Crippen MR) is 145 cm³/mol. The molecule has 6 heteroatoms. The van der Waals surface area contributed by atoms with Crippen LogP contribution >= 0.6 is 0 Å². The summed E-state index contributed by atoms with van der Waals surface area (Å²) in [5, 5.41) is 4.68. The highest BCUT2D eigenvalue weighted by molar-refractivity contribution is 5.75. The molecular weight excluding hydrogens is 462 g/mol. The van der Waals surface area contributed by atoms with E-state index in [1.807, 2.05) is 42.5 Å². The summed E-state index contributed by atoms with van der Waals surface area (Å²) in [6.45, 7) is 5.35. The summed E-state index contributed by atoms with van der Waals surface area (Å²) in [5.41, 5.74) is 5.42. The fraction of sp³-hybridized carbons (Fsp3) is 0.129. The number of aromatic nitrogens is 3. The Hall–Kier alpha value is -4.71. The second-order valence-electron chi connectivity index (χ2n) is 9.56. The molecule has 37 heavy (non-hydrogen) atoms. The second-order valence-corrected chi connectivity index (χ2v) is 9.56. The molecule has 3 aromatic carbocycles. The van der Waals surface area contributed by atoms with E-state index in [-0.39, 0.29) is 5.88 Å². The van der Waals surface area contributed by atoms with Gasteiger partial charge in [0.05, 0.1) is 5.69 Å². The van der Waals surface area contributed by atoms with Gasteiger partial charge in [-0.05, 0) is 61.2 Å². The third-order valence-corrected chi connectivity index (χ3v) is 5.60. The van der Waals surface area contributed by atoms with Gasteiger partial charge < -0.3 is 9.47 Å². The fourth-order valence-corrected chi connectivity index (χ4v) is 3.92. The molecule has 0 fully saturated rings. The van der Waals surface area contributed by atoms with E-state index in [4.69, 9.17) is 9.47 Å². The third kappa shape index (κ3) is 5.76. The molecule has 5 rings (SSSR count). The zero-order chi connectivity index (χ0) is 25.8. The molecular formula is C31H27N3O3. The molecule has 6 nitrogen and oxygen atoms in total. The summed E-state index contributed by atoms with van der Waals surface area (Å²) >= 11 is 0. The topological polar surface area (TPSA) is 66.2 Å². The van der Waals surface area contributed by atoms with E-state index >= 15 is 0 Å². The standard InChI is InChI=1S/C31H27N3O3/c1-31(2,3)37-30(35)36-29-21-27(33-34(29)28-14-7-8-19-32-28)24-17-15-23(16-18-24)26-13-9-12-25(20-26)22-10-5-4-6-11-22/h4-21H,1-3H3. The van der Waals surface area contributed by atoms with Crippen LogP contribution in [0.15, 0.2) is 109 Å². The summed E-state index contributed by atoms with van der Waals surface area (Å²) in [7, 11) is 0. The molecule has 0 unspecified atom stereocenters. The lowest BCUT2D eigenvalue weighted by Gasteiger charge is -2.18. The fourth-order valence-electron chi connectivity index (χ4n) is 3.92. The van der Waals surface area contributed by atoms with Gasteiger partial charge in [0.2, 0.25) is 5.88 Å². The van der Waals surface area contributed by atoms with E-state index < -0.39 is 11.8 Å². The van der Waals surface area contributed by atoms with Crippen molar-refractivity contribution in [3.05, 3.63) is 109 Å². The van der Waals surface area contributed by atoms with Crippen LogP contribution in [0.3, 0.4) is 0 Å². The molecule has 0 aliphatic rings. The SMILES string of the molecule is CC(C)(C)OC(=O)Oc1cc(-c2ccc(-c3cccc(-c4ccccc4)c3)cc2)nn1-c1ccccn1. The minimum Gasteiger partial charge on any atom is -0.428 e. The molecule has 5 aromatic rings. The Morgan fingerprint density at radius 3 is 1.97 bits per heavy atom. The van der Waals surface area contributed by atoms with Gasteiger partial charge in [-0.15, -0.1) is 0 Å². The lowest BCUT2D eigenvalue weighted by molar-refractivity contribution is 0.0192. The molecule has 0 aliphatic heterocycles. The molecule has 0 saturated heterocycles. The molecule has 0 radical (unpaired) electrons. The average molecular weight is 490 g/mol. The van der Waals surface area contributed by atoms with E-state index in [1.54, 1.807) is 39.1 Å². The quantitative estimate of drug-likeness (QED) is 0.238. The Morgan fingerprint density at radius 1 is 0.703 bits per heavy atom. The second kappa shape index (κ2) is 10.1. The number of benzene rings is 3. The minimum absolute atomic E-state index is 0.225. The number of hydrogen-bond acceptors (Lipinski definition) is 5. The zero-order valence-corrected chi connectivity index (χ0v) is 21.0. The van der Waals surface area contributed by atoms with Crippen molar-refractivity contribution in [1.82, 2.24) is 14.8 Å². The van der Waals surface area contributed by atoms with Crippen molar-refractivity contribution in [1.29, 1.82) is 0 Å². The zero-order valence-electron chi connectivity index (χ0n) is 21.0. The van der Waals surface area contributed by atoms with Crippen LogP contribution in [0.5, 0.6) is 5.88 Å². The molecule has 0 spiro atoms. The Morgan fingerprint density at radius 2 is 1.32 bits per heavy atom. The normalized spacial score (nSPS) is 11.2. The first-order chi connectivity index (χ1) is 17.9. The summed E-state index contributed by atoms with van der Waals surface area (Å²) in [6, 6.07) is 34.1. The lowest BCUT2D eigenvalue weighted by atomic mass is 9.98. The van der Waals surface area contributed by atoms with Gasteiger partial charge >= 0.3 is 6.16 Å². The first kappa shape index (κ1) is 24.0. The van der Waals surface area contributed by atoms with Crippen LogP contribution in [0.2, 0.25) is 0 Å². The molecule has 0 aliphatic carbocycles. The van der Waals surface area contributed by atoms with Crippen LogP contribution in [-0.4, -0.2) is 26.5 Å². The van der Waals surface area contributed by atoms with Crippen molar-refractivity contribution in [2.24, 2.45) is 0 Å². The molecule has 184 valence electrons. The largest absolute Gasteiger partial charge is 0.515 e. The van der Waals surface area contributed by atoms with Crippen LogP contribution < -0.4 is 4.74 Å². The smallest absolute Gasteiger partial charge is 0.428 e. The maximum atomic E-state index is 12.4. The number of ether oxygens (including phenoxy) is 2. The van der Waals surface area contributed by atoms with Crippen molar-refractivity contribution < 1.29 is 14.3 Å². The van der Waals surface area contributed by atoms with Gasteiger partial charge in [0.25, 0.3) is 0 Å². The van der Waals surface area contributed by atoms with Gasteiger partial charge in [-0.1, -0.05) is 78.9 Å². The lowest BCUT2D eigenvalue weighted by Crippen LogP contribution is -2.26. The number of rotatable bonds is 5. The minimum atomic E-state index is -0.801. The molecule has 0 N–H and O–H groups in total. The van der Waals surface area contributed by atoms with E-state index in [9.17, 15) is 4.79 Å². The van der Waals surface area contributed by atoms with Crippen LogP contribution in [0.25, 0.3) is 39.3 Å². The van der Waals surface area contributed by atoms with Gasteiger partial charge in [-0.3, -0.25) is 0 Å². The van der Waals surface area contributed by atoms with Crippen molar-refractivity contribution in [2.45, 2.75) is 26.4 Å². The first-order valence-corrected chi connectivity index (χ1v) is 12.0. The van der Waals surface area contributed by atoms with Gasteiger partial charge in [-0.25, -0.2) is 9.78 Å². The number of hydrogen-bond donors (Lipinski definition) is 0.